The molecule has 3 heterocycles. The van der Waals surface area contributed by atoms with Crippen molar-refractivity contribution in [3.8, 4) is 0 Å². The molecule has 0 aliphatic carbocycles. The van der Waals surface area contributed by atoms with Gasteiger partial charge >= 0.3 is 0 Å². The summed E-state index contributed by atoms with van der Waals surface area (Å²) < 4.78 is 7.59. The van der Waals surface area contributed by atoms with Crippen molar-refractivity contribution in [2.75, 3.05) is 19.6 Å². The normalized spacial score (nSPS) is 16.5. The van der Waals surface area contributed by atoms with Crippen LogP contribution in [0.25, 0.3) is 6.08 Å². The third-order valence-corrected chi connectivity index (χ3v) is 3.85. The van der Waals surface area contributed by atoms with Crippen LogP contribution in [0, 0.1) is 0 Å². The largest absolute Gasteiger partial charge is 0.465 e. The summed E-state index contributed by atoms with van der Waals surface area (Å²) in [5.41, 5.74) is 0. The smallest absolute Gasteiger partial charge is 0.135 e. The zero-order valence-corrected chi connectivity index (χ0v) is 12.7. The van der Waals surface area contributed by atoms with E-state index in [4.69, 9.17) is 4.42 Å². The molecule has 0 aromatic carbocycles. The molecule has 2 aromatic rings. The topological polar surface area (TPSA) is 47.1 Å². The fourth-order valence-electron chi connectivity index (χ4n) is 2.70. The van der Waals surface area contributed by atoms with E-state index in [1.54, 1.807) is 6.26 Å². The lowest BCUT2D eigenvalue weighted by Gasteiger charge is -2.17. The number of nitrogens with zero attached hydrogens (tertiary/aromatic N) is 4. The molecule has 1 aliphatic heterocycles. The zero-order chi connectivity index (χ0) is 14.7. The Bertz CT molecular complexity index is 598. The van der Waals surface area contributed by atoms with E-state index in [2.05, 4.69) is 39.6 Å². The van der Waals surface area contributed by atoms with E-state index in [1.165, 1.54) is 0 Å². The first kappa shape index (κ1) is 14.1. The summed E-state index contributed by atoms with van der Waals surface area (Å²) >= 11 is 0. The maximum atomic E-state index is 5.30. The van der Waals surface area contributed by atoms with Crippen molar-refractivity contribution in [3.63, 3.8) is 0 Å². The van der Waals surface area contributed by atoms with E-state index < -0.39 is 0 Å². The number of hydrogen-bond acceptors (Lipinski definition) is 4. The van der Waals surface area contributed by atoms with Gasteiger partial charge in [-0.2, -0.15) is 0 Å². The summed E-state index contributed by atoms with van der Waals surface area (Å²) in [4.78, 5) is 2.44. The summed E-state index contributed by atoms with van der Waals surface area (Å²) in [6.45, 7) is 8.32. The van der Waals surface area contributed by atoms with Crippen molar-refractivity contribution >= 4 is 6.08 Å². The molecule has 0 saturated carbocycles. The average molecular weight is 286 g/mol. The maximum absolute atomic E-state index is 5.30. The third kappa shape index (κ3) is 3.24. The number of furan rings is 1. The monoisotopic (exact) mass is 286 g/mol. The SMILES string of the molecule is CC(C)c1nnc2n1CCN(CC=Cc1ccco1)CC2. The molecule has 112 valence electrons. The highest BCUT2D eigenvalue weighted by atomic mass is 16.3. The Balaban J connectivity index is 1.60. The molecule has 0 atom stereocenters. The fourth-order valence-corrected chi connectivity index (χ4v) is 2.70. The van der Waals surface area contributed by atoms with E-state index >= 15 is 0 Å². The van der Waals surface area contributed by atoms with Gasteiger partial charge in [-0.05, 0) is 18.2 Å². The molecule has 0 spiro atoms. The van der Waals surface area contributed by atoms with Gasteiger partial charge in [0.05, 0.1) is 6.26 Å². The van der Waals surface area contributed by atoms with E-state index in [1.807, 2.05) is 18.2 Å². The first-order valence-corrected chi connectivity index (χ1v) is 7.58. The highest BCUT2D eigenvalue weighted by Gasteiger charge is 2.19. The maximum Gasteiger partial charge on any atom is 0.135 e. The minimum Gasteiger partial charge on any atom is -0.465 e. The quantitative estimate of drug-likeness (QED) is 0.866. The Morgan fingerprint density at radius 3 is 2.95 bits per heavy atom. The minimum absolute atomic E-state index is 0.427. The molecule has 0 radical (unpaired) electrons. The van der Waals surface area contributed by atoms with Crippen LogP contribution in [0.2, 0.25) is 0 Å². The second kappa shape index (κ2) is 6.26. The van der Waals surface area contributed by atoms with E-state index in [9.17, 15) is 0 Å². The molecule has 21 heavy (non-hydrogen) atoms. The highest BCUT2D eigenvalue weighted by Crippen LogP contribution is 2.16. The molecule has 5 heteroatoms. The van der Waals surface area contributed by atoms with E-state index in [0.29, 0.717) is 5.92 Å². The van der Waals surface area contributed by atoms with Crippen molar-refractivity contribution in [1.29, 1.82) is 0 Å². The fraction of sp³-hybridized carbons (Fsp3) is 0.500. The number of fused-ring (bicyclic) bond motifs is 1. The molecule has 0 fully saturated rings. The first-order valence-electron chi connectivity index (χ1n) is 7.58. The third-order valence-electron chi connectivity index (χ3n) is 3.85. The van der Waals surface area contributed by atoms with Gasteiger partial charge in [0.15, 0.2) is 0 Å². The lowest BCUT2D eigenvalue weighted by Crippen LogP contribution is -2.27. The number of aromatic nitrogens is 3. The van der Waals surface area contributed by atoms with Gasteiger partial charge in [0.25, 0.3) is 0 Å². The second-order valence-corrected chi connectivity index (χ2v) is 5.75. The van der Waals surface area contributed by atoms with Crippen LogP contribution in [0.4, 0.5) is 0 Å². The lowest BCUT2D eigenvalue weighted by atomic mass is 10.2. The molecule has 0 N–H and O–H groups in total. The van der Waals surface area contributed by atoms with E-state index in [0.717, 1.165) is 50.0 Å². The summed E-state index contributed by atoms with van der Waals surface area (Å²) in [6.07, 6.45) is 6.86. The molecule has 0 bridgehead atoms. The molecular weight excluding hydrogens is 264 g/mol. The highest BCUT2D eigenvalue weighted by molar-refractivity contribution is 5.42. The van der Waals surface area contributed by atoms with Crippen molar-refractivity contribution < 1.29 is 4.42 Å². The molecule has 5 nitrogen and oxygen atoms in total. The summed E-state index contributed by atoms with van der Waals surface area (Å²) in [5, 5.41) is 8.67. The summed E-state index contributed by atoms with van der Waals surface area (Å²) in [7, 11) is 0. The standard InChI is InChI=1S/C16H22N4O/c1-13(2)16-18-17-15-7-9-19(10-11-20(15)16)8-3-5-14-6-4-12-21-14/h3-6,12-13H,7-11H2,1-2H3. The number of rotatable bonds is 4. The van der Waals surface area contributed by atoms with Gasteiger partial charge in [-0.1, -0.05) is 19.9 Å². The number of hydrogen-bond donors (Lipinski definition) is 0. The van der Waals surface area contributed by atoms with Crippen molar-refractivity contribution in [2.45, 2.75) is 32.7 Å². The molecule has 1 aliphatic rings. The molecule has 2 aromatic heterocycles. The zero-order valence-electron chi connectivity index (χ0n) is 12.7. The van der Waals surface area contributed by atoms with Crippen LogP contribution in [0.5, 0.6) is 0 Å². The minimum atomic E-state index is 0.427. The van der Waals surface area contributed by atoms with Crippen LogP contribution < -0.4 is 0 Å². The summed E-state index contributed by atoms with van der Waals surface area (Å²) in [6, 6.07) is 3.88. The van der Waals surface area contributed by atoms with Gasteiger partial charge in [-0.15, -0.1) is 10.2 Å². The van der Waals surface area contributed by atoms with Gasteiger partial charge in [0, 0.05) is 38.5 Å². The molecule has 3 rings (SSSR count). The Labute approximate surface area is 125 Å². The molecule has 0 amide bonds. The Morgan fingerprint density at radius 2 is 2.19 bits per heavy atom. The molecular formula is C16H22N4O. The average Bonchev–Trinajstić information content (AvgIpc) is 3.07. The van der Waals surface area contributed by atoms with Crippen LogP contribution >= 0.6 is 0 Å². The van der Waals surface area contributed by atoms with Gasteiger partial charge in [0.1, 0.15) is 17.4 Å². The van der Waals surface area contributed by atoms with Crippen LogP contribution in [-0.4, -0.2) is 39.3 Å². The second-order valence-electron chi connectivity index (χ2n) is 5.75. The van der Waals surface area contributed by atoms with Crippen molar-refractivity contribution in [1.82, 2.24) is 19.7 Å². The predicted molar refractivity (Wildman–Crippen MR) is 82.0 cm³/mol. The van der Waals surface area contributed by atoms with Crippen molar-refractivity contribution in [3.05, 3.63) is 41.9 Å². The Morgan fingerprint density at radius 1 is 1.29 bits per heavy atom. The van der Waals surface area contributed by atoms with Gasteiger partial charge in [-0.25, -0.2) is 0 Å². The lowest BCUT2D eigenvalue weighted by molar-refractivity contribution is 0.307. The van der Waals surface area contributed by atoms with Crippen molar-refractivity contribution in [2.24, 2.45) is 0 Å². The first-order chi connectivity index (χ1) is 10.2. The van der Waals surface area contributed by atoms with Crippen LogP contribution in [0.3, 0.4) is 0 Å². The molecule has 0 unspecified atom stereocenters. The Hall–Kier alpha value is -1.88. The predicted octanol–water partition coefficient (Wildman–Crippen LogP) is 2.57. The summed E-state index contributed by atoms with van der Waals surface area (Å²) in [5.74, 6) is 3.56. The van der Waals surface area contributed by atoms with Crippen LogP contribution in [0.15, 0.2) is 28.9 Å². The molecule has 0 saturated heterocycles. The van der Waals surface area contributed by atoms with Crippen LogP contribution in [-0.2, 0) is 13.0 Å². The van der Waals surface area contributed by atoms with Crippen LogP contribution in [0.1, 0.15) is 37.2 Å². The van der Waals surface area contributed by atoms with Gasteiger partial charge < -0.3 is 8.98 Å². The Kier molecular flexibility index (Phi) is 4.20. The van der Waals surface area contributed by atoms with Gasteiger partial charge in [-0.3, -0.25) is 4.90 Å². The van der Waals surface area contributed by atoms with E-state index in [-0.39, 0.29) is 0 Å². The van der Waals surface area contributed by atoms with Gasteiger partial charge in [0.2, 0.25) is 0 Å².